The van der Waals surface area contributed by atoms with E-state index in [-0.39, 0.29) is 5.56 Å². The molecule has 3 aromatic rings. The average molecular weight is 326 g/mol. The highest BCUT2D eigenvalue weighted by molar-refractivity contribution is 7.16. The summed E-state index contributed by atoms with van der Waals surface area (Å²) in [5.41, 5.74) is 0.765. The number of nitrogens with zero attached hydrogens (tertiary/aromatic N) is 3. The maximum absolute atomic E-state index is 11.9. The van der Waals surface area contributed by atoms with Crippen LogP contribution in [0.3, 0.4) is 0 Å². The number of fused-ring (bicyclic) bond motifs is 1. The molecule has 0 spiro atoms. The molecule has 0 aliphatic heterocycles. The van der Waals surface area contributed by atoms with E-state index in [9.17, 15) is 4.79 Å². The van der Waals surface area contributed by atoms with Crippen molar-refractivity contribution < 1.29 is 0 Å². The highest BCUT2D eigenvalue weighted by atomic mass is 35.5. The van der Waals surface area contributed by atoms with Crippen LogP contribution in [0.1, 0.15) is 10.6 Å². The minimum Gasteiger partial charge on any atom is -0.295 e. The molecule has 3 rings (SSSR count). The van der Waals surface area contributed by atoms with E-state index in [1.54, 1.807) is 28.0 Å². The molecule has 0 saturated heterocycles. The summed E-state index contributed by atoms with van der Waals surface area (Å²) in [5.74, 6) is 0. The first-order valence-corrected chi connectivity index (χ1v) is 8.08. The van der Waals surface area contributed by atoms with Crippen molar-refractivity contribution in [1.82, 2.24) is 14.3 Å². The fourth-order valence-corrected chi connectivity index (χ4v) is 3.91. The van der Waals surface area contributed by atoms with Gasteiger partial charge in [0.2, 0.25) is 0 Å². The van der Waals surface area contributed by atoms with Crippen molar-refractivity contribution in [1.29, 1.82) is 0 Å². The lowest BCUT2D eigenvalue weighted by Crippen LogP contribution is -2.20. The molecule has 0 aliphatic rings. The molecular formula is C13H12ClN3OS2. The Kier molecular flexibility index (Phi) is 3.89. The molecular weight excluding hydrogens is 314 g/mol. The van der Waals surface area contributed by atoms with E-state index in [1.165, 1.54) is 16.2 Å². The molecule has 0 aliphatic carbocycles. The van der Waals surface area contributed by atoms with Crippen molar-refractivity contribution in [2.45, 2.75) is 13.1 Å². The van der Waals surface area contributed by atoms with Gasteiger partial charge in [0.05, 0.1) is 10.0 Å². The summed E-state index contributed by atoms with van der Waals surface area (Å²) in [7, 11) is 2.01. The van der Waals surface area contributed by atoms with Gasteiger partial charge >= 0.3 is 0 Å². The Bertz CT molecular complexity index is 792. The summed E-state index contributed by atoms with van der Waals surface area (Å²) in [6.45, 7) is 1.43. The topological polar surface area (TPSA) is 37.6 Å². The van der Waals surface area contributed by atoms with E-state index in [1.807, 2.05) is 24.6 Å². The van der Waals surface area contributed by atoms with Crippen molar-refractivity contribution in [3.63, 3.8) is 0 Å². The maximum atomic E-state index is 11.9. The van der Waals surface area contributed by atoms with Gasteiger partial charge < -0.3 is 0 Å². The predicted octanol–water partition coefficient (Wildman–Crippen LogP) is 3.10. The molecule has 0 bridgehead atoms. The van der Waals surface area contributed by atoms with Crippen molar-refractivity contribution >= 4 is 39.2 Å². The Labute approximate surface area is 128 Å². The van der Waals surface area contributed by atoms with Crippen molar-refractivity contribution in [3.8, 4) is 0 Å². The summed E-state index contributed by atoms with van der Waals surface area (Å²) >= 11 is 8.96. The van der Waals surface area contributed by atoms with Crippen LogP contribution in [0.15, 0.2) is 34.6 Å². The van der Waals surface area contributed by atoms with Gasteiger partial charge in [0.25, 0.3) is 5.56 Å². The number of thiophene rings is 1. The van der Waals surface area contributed by atoms with Crippen LogP contribution in [0.4, 0.5) is 0 Å². The van der Waals surface area contributed by atoms with Gasteiger partial charge in [-0.15, -0.1) is 22.7 Å². The molecule has 3 aromatic heterocycles. The minimum absolute atomic E-state index is 0.0289. The zero-order chi connectivity index (χ0) is 14.1. The Balaban J connectivity index is 1.76. The molecule has 0 fully saturated rings. The molecule has 20 heavy (non-hydrogen) atoms. The lowest BCUT2D eigenvalue weighted by atomic mass is 10.3. The number of hydrogen-bond acceptors (Lipinski definition) is 5. The molecule has 104 valence electrons. The highest BCUT2D eigenvalue weighted by Crippen LogP contribution is 2.22. The fraction of sp³-hybridized carbons (Fsp3) is 0.231. The third-order valence-electron chi connectivity index (χ3n) is 2.84. The third kappa shape index (κ3) is 2.93. The lowest BCUT2D eigenvalue weighted by molar-refractivity contribution is 0.318. The zero-order valence-electron chi connectivity index (χ0n) is 10.7. The quantitative estimate of drug-likeness (QED) is 0.739. The molecule has 7 heteroatoms. The number of hydrogen-bond donors (Lipinski definition) is 0. The van der Waals surface area contributed by atoms with Crippen LogP contribution >= 0.6 is 34.3 Å². The van der Waals surface area contributed by atoms with Crippen molar-refractivity contribution in [2.24, 2.45) is 0 Å². The smallest absolute Gasteiger partial charge is 0.258 e. The second-order valence-corrected chi connectivity index (χ2v) is 7.19. The Morgan fingerprint density at radius 2 is 2.25 bits per heavy atom. The van der Waals surface area contributed by atoms with Gasteiger partial charge in [0.1, 0.15) is 0 Å². The monoisotopic (exact) mass is 325 g/mol. The van der Waals surface area contributed by atoms with Crippen LogP contribution in [0.25, 0.3) is 4.96 Å². The van der Waals surface area contributed by atoms with E-state index in [4.69, 9.17) is 11.6 Å². The second kappa shape index (κ2) is 5.65. The molecule has 4 nitrogen and oxygen atoms in total. The van der Waals surface area contributed by atoms with Crippen LogP contribution in [-0.4, -0.2) is 21.3 Å². The molecule has 0 saturated carbocycles. The summed E-state index contributed by atoms with van der Waals surface area (Å²) in [4.78, 5) is 20.5. The van der Waals surface area contributed by atoms with E-state index < -0.39 is 0 Å². The summed E-state index contributed by atoms with van der Waals surface area (Å²) in [6, 6.07) is 5.52. The highest BCUT2D eigenvalue weighted by Gasteiger charge is 2.08. The van der Waals surface area contributed by atoms with Gasteiger partial charge in [-0.05, 0) is 19.2 Å². The number of rotatable bonds is 4. The molecule has 0 N–H and O–H groups in total. The Morgan fingerprint density at radius 1 is 1.40 bits per heavy atom. The van der Waals surface area contributed by atoms with Crippen LogP contribution in [0.2, 0.25) is 4.34 Å². The van der Waals surface area contributed by atoms with E-state index in [2.05, 4.69) is 9.88 Å². The van der Waals surface area contributed by atoms with Gasteiger partial charge in [0.15, 0.2) is 4.96 Å². The molecule has 0 atom stereocenters. The van der Waals surface area contributed by atoms with E-state index >= 15 is 0 Å². The standard InChI is InChI=1S/C13H12ClN3OS2/c1-16(8-10-2-3-11(14)20-10)7-9-6-12(18)17-4-5-19-13(17)15-9/h2-6H,7-8H2,1H3. The first kappa shape index (κ1) is 13.8. The fourth-order valence-electron chi connectivity index (χ4n) is 2.00. The normalized spacial score (nSPS) is 11.6. The third-order valence-corrected chi connectivity index (χ3v) is 4.82. The van der Waals surface area contributed by atoms with Crippen LogP contribution in [0, 0.1) is 0 Å². The predicted molar refractivity (Wildman–Crippen MR) is 83.8 cm³/mol. The zero-order valence-corrected chi connectivity index (χ0v) is 13.1. The van der Waals surface area contributed by atoms with Crippen molar-refractivity contribution in [2.75, 3.05) is 7.05 Å². The van der Waals surface area contributed by atoms with Crippen LogP contribution in [-0.2, 0) is 13.1 Å². The largest absolute Gasteiger partial charge is 0.295 e. The molecule has 0 unspecified atom stereocenters. The number of halogens is 1. The number of thiazole rings is 1. The summed E-state index contributed by atoms with van der Waals surface area (Å²) in [5, 5.41) is 1.87. The molecule has 0 aromatic carbocycles. The molecule has 0 radical (unpaired) electrons. The van der Waals surface area contributed by atoms with E-state index in [0.717, 1.165) is 21.5 Å². The van der Waals surface area contributed by atoms with E-state index in [0.29, 0.717) is 6.54 Å². The van der Waals surface area contributed by atoms with Gasteiger partial charge in [-0.1, -0.05) is 11.6 Å². The van der Waals surface area contributed by atoms with Gasteiger partial charge in [-0.3, -0.25) is 14.1 Å². The van der Waals surface area contributed by atoms with Gasteiger partial charge in [-0.25, -0.2) is 4.98 Å². The first-order valence-electron chi connectivity index (χ1n) is 6.00. The lowest BCUT2D eigenvalue weighted by Gasteiger charge is -2.14. The maximum Gasteiger partial charge on any atom is 0.258 e. The summed E-state index contributed by atoms with van der Waals surface area (Å²) < 4.78 is 2.36. The Hall–Kier alpha value is -1.21. The SMILES string of the molecule is CN(Cc1cc(=O)n2ccsc2n1)Cc1ccc(Cl)s1. The van der Waals surface area contributed by atoms with Crippen LogP contribution in [0.5, 0.6) is 0 Å². The Morgan fingerprint density at radius 3 is 3.00 bits per heavy atom. The van der Waals surface area contributed by atoms with Crippen molar-refractivity contribution in [3.05, 3.63) is 55.0 Å². The molecule has 3 heterocycles. The van der Waals surface area contributed by atoms with Gasteiger partial charge in [0, 0.05) is 35.6 Å². The van der Waals surface area contributed by atoms with Crippen LogP contribution < -0.4 is 5.56 Å². The number of aromatic nitrogens is 2. The second-order valence-electron chi connectivity index (χ2n) is 4.52. The summed E-state index contributed by atoms with van der Waals surface area (Å²) in [6.07, 6.45) is 1.75. The first-order chi connectivity index (χ1) is 9.61. The minimum atomic E-state index is -0.0289. The average Bonchev–Trinajstić information content (AvgIpc) is 2.98. The van der Waals surface area contributed by atoms with Gasteiger partial charge in [-0.2, -0.15) is 0 Å². The molecule has 0 amide bonds.